The second-order valence-corrected chi connectivity index (χ2v) is 4.71. The molecule has 0 radical (unpaired) electrons. The highest BCUT2D eigenvalue weighted by molar-refractivity contribution is 7.89. The molecule has 1 rings (SSSR count). The number of aryl methyl sites for hydroxylation is 1. The molecule has 1 heterocycles. The van der Waals surface area contributed by atoms with Gasteiger partial charge < -0.3 is 4.57 Å². The number of unbranched alkanes of at least 4 members (excludes halogenated alkanes) is 2. The quantitative estimate of drug-likeness (QED) is 0.738. The molecule has 0 amide bonds. The summed E-state index contributed by atoms with van der Waals surface area (Å²) in [6, 6.07) is 0. The SMILES string of the molecule is CCCCCn1cnc(S(N)(=O)=O)c1. The van der Waals surface area contributed by atoms with Crippen LogP contribution < -0.4 is 5.14 Å². The summed E-state index contributed by atoms with van der Waals surface area (Å²) in [5.74, 6) is 0. The minimum absolute atomic E-state index is 0.0611. The second kappa shape index (κ2) is 4.56. The maximum atomic E-state index is 10.9. The van der Waals surface area contributed by atoms with Crippen molar-refractivity contribution in [3.8, 4) is 0 Å². The standard InChI is InChI=1S/C8H15N3O2S/c1-2-3-4-5-11-6-8(10-7-11)14(9,12)13/h6-7H,2-5H2,1H3,(H2,9,12,13). The highest BCUT2D eigenvalue weighted by Crippen LogP contribution is 2.04. The Kier molecular flexibility index (Phi) is 3.65. The van der Waals surface area contributed by atoms with Gasteiger partial charge in [0.2, 0.25) is 0 Å². The maximum absolute atomic E-state index is 10.9. The molecule has 1 aromatic rings. The van der Waals surface area contributed by atoms with E-state index in [9.17, 15) is 8.42 Å². The molecule has 0 bridgehead atoms. The predicted molar refractivity (Wildman–Crippen MR) is 53.1 cm³/mol. The van der Waals surface area contributed by atoms with E-state index in [0.717, 1.165) is 25.8 Å². The second-order valence-electron chi connectivity index (χ2n) is 3.20. The van der Waals surface area contributed by atoms with Gasteiger partial charge >= 0.3 is 0 Å². The lowest BCUT2D eigenvalue weighted by Gasteiger charge is -1.99. The molecule has 0 aliphatic rings. The van der Waals surface area contributed by atoms with Crippen molar-refractivity contribution in [2.75, 3.05) is 0 Å². The van der Waals surface area contributed by atoms with Crippen molar-refractivity contribution in [3.63, 3.8) is 0 Å². The molecular weight excluding hydrogens is 202 g/mol. The number of rotatable bonds is 5. The number of imidazole rings is 1. The maximum Gasteiger partial charge on any atom is 0.257 e. The first-order valence-corrected chi connectivity index (χ1v) is 6.13. The Bertz CT molecular complexity index is 383. The normalized spacial score (nSPS) is 11.9. The van der Waals surface area contributed by atoms with Gasteiger partial charge in [-0.1, -0.05) is 19.8 Å². The summed E-state index contributed by atoms with van der Waals surface area (Å²) >= 11 is 0. The lowest BCUT2D eigenvalue weighted by Crippen LogP contribution is -2.12. The van der Waals surface area contributed by atoms with E-state index in [1.165, 1.54) is 12.5 Å². The molecule has 1 aromatic heterocycles. The minimum atomic E-state index is -3.64. The summed E-state index contributed by atoms with van der Waals surface area (Å²) in [6.07, 6.45) is 6.25. The summed E-state index contributed by atoms with van der Waals surface area (Å²) in [7, 11) is -3.64. The van der Waals surface area contributed by atoms with Crippen LogP contribution in [0, 0.1) is 0 Å². The molecule has 6 heteroatoms. The molecule has 0 saturated carbocycles. The molecule has 0 unspecified atom stereocenters. The lowest BCUT2D eigenvalue weighted by molar-refractivity contribution is 0.591. The number of hydrogen-bond donors (Lipinski definition) is 1. The van der Waals surface area contributed by atoms with Gasteiger partial charge in [-0.05, 0) is 6.42 Å². The number of hydrogen-bond acceptors (Lipinski definition) is 3. The van der Waals surface area contributed by atoms with E-state index in [1.807, 2.05) is 0 Å². The third-order valence-electron chi connectivity index (χ3n) is 1.92. The third kappa shape index (κ3) is 3.12. The van der Waals surface area contributed by atoms with Crippen LogP contribution >= 0.6 is 0 Å². The van der Waals surface area contributed by atoms with Crippen LogP contribution in [0.15, 0.2) is 17.6 Å². The number of primary sulfonamides is 1. The highest BCUT2D eigenvalue weighted by Gasteiger charge is 2.10. The van der Waals surface area contributed by atoms with Gasteiger partial charge in [-0.3, -0.25) is 0 Å². The Labute approximate surface area is 84.0 Å². The van der Waals surface area contributed by atoms with E-state index in [1.54, 1.807) is 4.57 Å². The molecule has 80 valence electrons. The Morgan fingerprint density at radius 1 is 1.50 bits per heavy atom. The van der Waals surface area contributed by atoms with Gasteiger partial charge in [0, 0.05) is 12.7 Å². The van der Waals surface area contributed by atoms with Gasteiger partial charge in [0.05, 0.1) is 6.33 Å². The first kappa shape index (κ1) is 11.2. The molecule has 2 N–H and O–H groups in total. The van der Waals surface area contributed by atoms with Gasteiger partial charge in [-0.15, -0.1) is 0 Å². The Balaban J connectivity index is 2.60. The van der Waals surface area contributed by atoms with Crippen LogP contribution in [0.1, 0.15) is 26.2 Å². The zero-order valence-electron chi connectivity index (χ0n) is 8.18. The van der Waals surface area contributed by atoms with E-state index in [-0.39, 0.29) is 5.03 Å². The Morgan fingerprint density at radius 3 is 2.71 bits per heavy atom. The van der Waals surface area contributed by atoms with Gasteiger partial charge in [0.15, 0.2) is 5.03 Å². The Hall–Kier alpha value is -0.880. The summed E-state index contributed by atoms with van der Waals surface area (Å²) in [6.45, 7) is 2.90. The van der Waals surface area contributed by atoms with Crippen LogP contribution in [0.4, 0.5) is 0 Å². The van der Waals surface area contributed by atoms with Crippen LogP contribution in [-0.4, -0.2) is 18.0 Å². The number of aromatic nitrogens is 2. The molecule has 0 aliphatic carbocycles. The minimum Gasteiger partial charge on any atom is -0.336 e. The fourth-order valence-corrected chi connectivity index (χ4v) is 1.63. The molecule has 0 aromatic carbocycles. The number of nitrogens with zero attached hydrogens (tertiary/aromatic N) is 2. The van der Waals surface area contributed by atoms with Gasteiger partial charge in [-0.2, -0.15) is 0 Å². The zero-order valence-corrected chi connectivity index (χ0v) is 9.00. The first-order chi connectivity index (χ1) is 6.54. The number of nitrogens with two attached hydrogens (primary N) is 1. The van der Waals surface area contributed by atoms with E-state index in [4.69, 9.17) is 5.14 Å². The van der Waals surface area contributed by atoms with Crippen LogP contribution in [0.5, 0.6) is 0 Å². The van der Waals surface area contributed by atoms with E-state index in [2.05, 4.69) is 11.9 Å². The molecule has 0 saturated heterocycles. The van der Waals surface area contributed by atoms with E-state index < -0.39 is 10.0 Å². The smallest absolute Gasteiger partial charge is 0.257 e. The van der Waals surface area contributed by atoms with E-state index in [0.29, 0.717) is 0 Å². The van der Waals surface area contributed by atoms with Crippen LogP contribution in [0.2, 0.25) is 0 Å². The van der Waals surface area contributed by atoms with Gasteiger partial charge in [0.1, 0.15) is 0 Å². The van der Waals surface area contributed by atoms with Crippen LogP contribution in [0.3, 0.4) is 0 Å². The van der Waals surface area contributed by atoms with Crippen molar-refractivity contribution >= 4 is 10.0 Å². The number of sulfonamides is 1. The highest BCUT2D eigenvalue weighted by atomic mass is 32.2. The average Bonchev–Trinajstić information content (AvgIpc) is 2.52. The molecule has 0 fully saturated rings. The average molecular weight is 217 g/mol. The van der Waals surface area contributed by atoms with Crippen molar-refractivity contribution in [2.24, 2.45) is 5.14 Å². The molecular formula is C8H15N3O2S. The van der Waals surface area contributed by atoms with Gasteiger partial charge in [-0.25, -0.2) is 18.5 Å². The van der Waals surface area contributed by atoms with Crippen molar-refractivity contribution in [1.29, 1.82) is 0 Å². The van der Waals surface area contributed by atoms with Crippen molar-refractivity contribution in [1.82, 2.24) is 9.55 Å². The molecule has 0 aliphatic heterocycles. The summed E-state index contributed by atoms with van der Waals surface area (Å²) in [5.41, 5.74) is 0. The van der Waals surface area contributed by atoms with E-state index >= 15 is 0 Å². The summed E-state index contributed by atoms with van der Waals surface area (Å²) in [5, 5.41) is 4.86. The van der Waals surface area contributed by atoms with Gasteiger partial charge in [0.25, 0.3) is 10.0 Å². The van der Waals surface area contributed by atoms with Crippen molar-refractivity contribution < 1.29 is 8.42 Å². The Morgan fingerprint density at radius 2 is 2.21 bits per heavy atom. The first-order valence-electron chi connectivity index (χ1n) is 4.58. The van der Waals surface area contributed by atoms with Crippen LogP contribution in [-0.2, 0) is 16.6 Å². The molecule has 0 atom stereocenters. The molecule has 5 nitrogen and oxygen atoms in total. The van der Waals surface area contributed by atoms with Crippen LogP contribution in [0.25, 0.3) is 0 Å². The van der Waals surface area contributed by atoms with Crippen molar-refractivity contribution in [3.05, 3.63) is 12.5 Å². The molecule has 14 heavy (non-hydrogen) atoms. The molecule has 0 spiro atoms. The monoisotopic (exact) mass is 217 g/mol. The summed E-state index contributed by atoms with van der Waals surface area (Å²) < 4.78 is 23.5. The predicted octanol–water partition coefficient (Wildman–Crippen LogP) is 0.721. The largest absolute Gasteiger partial charge is 0.336 e. The lowest BCUT2D eigenvalue weighted by atomic mass is 10.2. The van der Waals surface area contributed by atoms with Crippen molar-refractivity contribution in [2.45, 2.75) is 37.8 Å². The fraction of sp³-hybridized carbons (Fsp3) is 0.625. The topological polar surface area (TPSA) is 78.0 Å². The zero-order chi connectivity index (χ0) is 10.6. The third-order valence-corrected chi connectivity index (χ3v) is 2.71. The fourth-order valence-electron chi connectivity index (χ4n) is 1.15. The summed E-state index contributed by atoms with van der Waals surface area (Å²) in [4.78, 5) is 3.72.